The monoisotopic (exact) mass is 425 g/mol. The summed E-state index contributed by atoms with van der Waals surface area (Å²) in [6.07, 6.45) is 6.21. The molecular formula is C19H38IO2-. The summed E-state index contributed by atoms with van der Waals surface area (Å²) in [5.41, 5.74) is 1.03. The first-order valence-corrected chi connectivity index (χ1v) is 11.8. The number of hydrogen-bond acceptors (Lipinski definition) is 2. The fourth-order valence-corrected chi connectivity index (χ4v) is 8.79. The predicted octanol–water partition coefficient (Wildman–Crippen LogP) is 1.49. The zero-order valence-corrected chi connectivity index (χ0v) is 17.9. The van der Waals surface area contributed by atoms with E-state index in [9.17, 15) is 5.11 Å². The van der Waals surface area contributed by atoms with E-state index in [4.69, 9.17) is 4.74 Å². The third-order valence-corrected chi connectivity index (χ3v) is 10.5. The van der Waals surface area contributed by atoms with Crippen LogP contribution in [0, 0.1) is 16.7 Å². The molecule has 1 fully saturated rings. The van der Waals surface area contributed by atoms with Gasteiger partial charge in [-0.05, 0) is 0 Å². The van der Waals surface area contributed by atoms with Crippen molar-refractivity contribution >= 4 is 0 Å². The Morgan fingerprint density at radius 1 is 1.27 bits per heavy atom. The Hall–Kier alpha value is 0.650. The molecule has 0 bridgehead atoms. The fourth-order valence-electron chi connectivity index (χ4n) is 4.34. The molecule has 0 radical (unpaired) electrons. The fraction of sp³-hybridized carbons (Fsp3) is 1.00. The van der Waals surface area contributed by atoms with Crippen LogP contribution in [0.5, 0.6) is 0 Å². The van der Waals surface area contributed by atoms with Crippen molar-refractivity contribution in [1.29, 1.82) is 0 Å². The molecule has 1 rings (SSSR count). The van der Waals surface area contributed by atoms with Crippen molar-refractivity contribution in [3.05, 3.63) is 0 Å². The van der Waals surface area contributed by atoms with E-state index in [1.165, 1.54) is 30.1 Å². The average molecular weight is 425 g/mol. The van der Waals surface area contributed by atoms with E-state index in [0.29, 0.717) is 10.8 Å². The first kappa shape index (κ1) is 20.7. The Kier molecular flexibility index (Phi) is 8.15. The molecule has 2 unspecified atom stereocenters. The van der Waals surface area contributed by atoms with E-state index < -0.39 is 0 Å². The molecule has 0 aromatic heterocycles. The Bertz CT molecular complexity index is 331. The number of alkyl halides is 2. The maximum absolute atomic E-state index is 9.73. The van der Waals surface area contributed by atoms with Gasteiger partial charge in [-0.3, -0.25) is 0 Å². The molecule has 1 aliphatic carbocycles. The van der Waals surface area contributed by atoms with Crippen LogP contribution in [-0.4, -0.2) is 32.8 Å². The maximum atomic E-state index is 9.73. The zero-order chi connectivity index (χ0) is 17.0. The quantitative estimate of drug-likeness (QED) is 0.448. The van der Waals surface area contributed by atoms with Crippen molar-refractivity contribution in [3.8, 4) is 0 Å². The Morgan fingerprint density at radius 3 is 2.36 bits per heavy atom. The molecule has 22 heavy (non-hydrogen) atoms. The van der Waals surface area contributed by atoms with Gasteiger partial charge in [0, 0.05) is 0 Å². The van der Waals surface area contributed by atoms with Gasteiger partial charge in [-0.15, -0.1) is 0 Å². The summed E-state index contributed by atoms with van der Waals surface area (Å²) >= 11 is 0.178. The van der Waals surface area contributed by atoms with Crippen LogP contribution in [0.3, 0.4) is 0 Å². The standard InChI is InChI=1S/C19H38IO2/c1-8-18(5)11-9-17(19(18,6)13-14(2)3)20-12-10-16(22-7)15(4)21/h14-17,21H,8-13H2,1-7H3/q-1/t15?,16-,17?,18-,19-/m1/s1. The van der Waals surface area contributed by atoms with E-state index in [1.54, 1.807) is 7.11 Å². The van der Waals surface area contributed by atoms with Crippen molar-refractivity contribution < 1.29 is 31.0 Å². The second-order valence-electron chi connectivity index (χ2n) is 8.08. The first-order chi connectivity index (χ1) is 10.2. The van der Waals surface area contributed by atoms with Gasteiger partial charge in [0.1, 0.15) is 0 Å². The summed E-state index contributed by atoms with van der Waals surface area (Å²) in [6.45, 7) is 14.1. The normalized spacial score (nSPS) is 35.2. The molecule has 0 aliphatic heterocycles. The van der Waals surface area contributed by atoms with Gasteiger partial charge in [0.05, 0.1) is 0 Å². The van der Waals surface area contributed by atoms with Crippen molar-refractivity contribution in [2.45, 2.75) is 89.8 Å². The van der Waals surface area contributed by atoms with Gasteiger partial charge >= 0.3 is 149 Å². The molecule has 0 aromatic carbocycles. The molecule has 3 heteroatoms. The number of aliphatic hydroxyl groups excluding tert-OH is 1. The van der Waals surface area contributed by atoms with Crippen molar-refractivity contribution in [2.24, 2.45) is 16.7 Å². The molecule has 134 valence electrons. The Labute approximate surface area is 149 Å². The van der Waals surface area contributed by atoms with Crippen LogP contribution >= 0.6 is 0 Å². The number of halogens is 1. The number of rotatable bonds is 9. The number of hydrogen-bond donors (Lipinski definition) is 1. The van der Waals surface area contributed by atoms with Gasteiger partial charge in [-0.2, -0.15) is 0 Å². The third-order valence-electron chi connectivity index (χ3n) is 6.16. The molecule has 0 saturated heterocycles. The predicted molar refractivity (Wildman–Crippen MR) is 90.9 cm³/mol. The second kappa shape index (κ2) is 8.66. The SMILES string of the molecule is CC[C@]1(C)CCC([I-]CC[C@@H](OC)C(C)O)[C@@]1(C)CC(C)C. The minimum absolute atomic E-state index is 0.0232. The topological polar surface area (TPSA) is 29.5 Å². The molecule has 0 spiro atoms. The third kappa shape index (κ3) is 4.60. The van der Waals surface area contributed by atoms with Crippen molar-refractivity contribution in [1.82, 2.24) is 0 Å². The van der Waals surface area contributed by atoms with E-state index in [-0.39, 0.29) is 33.4 Å². The Balaban J connectivity index is 2.69. The first-order valence-electron chi connectivity index (χ1n) is 8.98. The summed E-state index contributed by atoms with van der Waals surface area (Å²) in [6, 6.07) is 0. The molecule has 5 atom stereocenters. The van der Waals surface area contributed by atoms with Gasteiger partial charge in [-0.1, -0.05) is 0 Å². The van der Waals surface area contributed by atoms with Crippen molar-refractivity contribution in [2.75, 3.05) is 11.5 Å². The Morgan fingerprint density at radius 2 is 1.91 bits per heavy atom. The van der Waals surface area contributed by atoms with Crippen LogP contribution < -0.4 is 21.2 Å². The molecule has 0 heterocycles. The molecule has 1 N–H and O–H groups in total. The summed E-state index contributed by atoms with van der Waals surface area (Å²) < 4.78 is 7.64. The van der Waals surface area contributed by atoms with Gasteiger partial charge in [-0.25, -0.2) is 0 Å². The second-order valence-corrected chi connectivity index (χ2v) is 11.5. The van der Waals surface area contributed by atoms with Crippen LogP contribution in [0.4, 0.5) is 0 Å². The van der Waals surface area contributed by atoms with Crippen molar-refractivity contribution in [3.63, 3.8) is 0 Å². The molecular weight excluding hydrogens is 387 g/mol. The van der Waals surface area contributed by atoms with E-state index >= 15 is 0 Å². The van der Waals surface area contributed by atoms with Gasteiger partial charge in [0.25, 0.3) is 0 Å². The van der Waals surface area contributed by atoms with Crippen LogP contribution in [0.1, 0.15) is 73.6 Å². The number of aliphatic hydroxyl groups is 1. The summed E-state index contributed by atoms with van der Waals surface area (Å²) in [5, 5.41) is 9.73. The van der Waals surface area contributed by atoms with Crippen LogP contribution in [0.2, 0.25) is 0 Å². The number of ether oxygens (including phenoxy) is 1. The van der Waals surface area contributed by atoms with Crippen LogP contribution in [0.25, 0.3) is 0 Å². The van der Waals surface area contributed by atoms with Crippen LogP contribution in [-0.2, 0) is 4.74 Å². The zero-order valence-electron chi connectivity index (χ0n) is 15.8. The molecule has 0 aromatic rings. The number of methoxy groups -OCH3 is 1. The molecule has 0 amide bonds. The molecule has 1 saturated carbocycles. The van der Waals surface area contributed by atoms with Gasteiger partial charge in [0.2, 0.25) is 0 Å². The summed E-state index contributed by atoms with van der Waals surface area (Å²) in [4.78, 5) is 0. The van der Waals surface area contributed by atoms with Gasteiger partial charge < -0.3 is 0 Å². The minimum atomic E-state index is -0.347. The average Bonchev–Trinajstić information content (AvgIpc) is 2.67. The van der Waals surface area contributed by atoms with E-state index in [2.05, 4.69) is 34.6 Å². The summed E-state index contributed by atoms with van der Waals surface area (Å²) in [5.74, 6) is 0.782. The van der Waals surface area contributed by atoms with E-state index in [1.807, 2.05) is 6.92 Å². The summed E-state index contributed by atoms with van der Waals surface area (Å²) in [7, 11) is 1.72. The molecule has 1 aliphatic rings. The molecule has 2 nitrogen and oxygen atoms in total. The van der Waals surface area contributed by atoms with Gasteiger partial charge in [0.15, 0.2) is 0 Å². The van der Waals surface area contributed by atoms with Crippen LogP contribution in [0.15, 0.2) is 0 Å². The van der Waals surface area contributed by atoms with E-state index in [0.717, 1.165) is 16.3 Å².